The smallest absolute Gasteiger partial charge is 0.227 e. The van der Waals surface area contributed by atoms with Gasteiger partial charge in [-0.15, -0.1) is 0 Å². The van der Waals surface area contributed by atoms with Crippen LogP contribution < -0.4 is 5.73 Å². The van der Waals surface area contributed by atoms with Crippen molar-refractivity contribution in [2.75, 3.05) is 6.54 Å². The molecule has 17 heavy (non-hydrogen) atoms. The highest BCUT2D eigenvalue weighted by Crippen LogP contribution is 2.19. The zero-order chi connectivity index (χ0) is 12.3. The Morgan fingerprint density at radius 1 is 1.47 bits per heavy atom. The highest BCUT2D eigenvalue weighted by Gasteiger charge is 2.12. The number of rotatable bonds is 4. The van der Waals surface area contributed by atoms with Crippen LogP contribution >= 0.6 is 0 Å². The van der Waals surface area contributed by atoms with Crippen LogP contribution in [0.2, 0.25) is 0 Å². The molecule has 2 heterocycles. The van der Waals surface area contributed by atoms with Crippen molar-refractivity contribution in [2.24, 2.45) is 11.7 Å². The lowest BCUT2D eigenvalue weighted by Crippen LogP contribution is -2.13. The van der Waals surface area contributed by atoms with E-state index in [4.69, 9.17) is 10.3 Å². The molecule has 0 aromatic carbocycles. The normalized spacial score (nSPS) is 12.6. The van der Waals surface area contributed by atoms with Crippen LogP contribution in [0.3, 0.4) is 0 Å². The van der Waals surface area contributed by atoms with Gasteiger partial charge >= 0.3 is 0 Å². The lowest BCUT2D eigenvalue weighted by Gasteiger charge is -2.02. The predicted molar refractivity (Wildman–Crippen MR) is 64.2 cm³/mol. The van der Waals surface area contributed by atoms with E-state index < -0.39 is 0 Å². The van der Waals surface area contributed by atoms with E-state index in [9.17, 15) is 0 Å². The second-order valence-electron chi connectivity index (χ2n) is 4.25. The number of hydrogen-bond donors (Lipinski definition) is 1. The molecule has 0 fully saturated rings. The van der Waals surface area contributed by atoms with Gasteiger partial charge in [0.2, 0.25) is 11.7 Å². The minimum atomic E-state index is 0.349. The molecule has 1 atom stereocenters. The summed E-state index contributed by atoms with van der Waals surface area (Å²) in [6, 6.07) is 1.89. The molecule has 5 nitrogen and oxygen atoms in total. The van der Waals surface area contributed by atoms with Gasteiger partial charge in [-0.2, -0.15) is 4.98 Å². The van der Waals surface area contributed by atoms with Crippen molar-refractivity contribution >= 4 is 0 Å². The number of hydrogen-bond acceptors (Lipinski definition) is 5. The third-order valence-corrected chi connectivity index (χ3v) is 2.65. The monoisotopic (exact) mass is 232 g/mol. The average Bonchev–Trinajstić information content (AvgIpc) is 2.78. The van der Waals surface area contributed by atoms with Crippen molar-refractivity contribution in [1.29, 1.82) is 0 Å². The zero-order valence-corrected chi connectivity index (χ0v) is 10.1. The van der Waals surface area contributed by atoms with E-state index in [-0.39, 0.29) is 0 Å². The first-order valence-electron chi connectivity index (χ1n) is 5.64. The Kier molecular flexibility index (Phi) is 3.49. The molecule has 0 bridgehead atoms. The average molecular weight is 232 g/mol. The van der Waals surface area contributed by atoms with Crippen LogP contribution in [0.4, 0.5) is 0 Å². The van der Waals surface area contributed by atoms with E-state index in [0.717, 1.165) is 11.1 Å². The topological polar surface area (TPSA) is 77.8 Å². The molecule has 0 spiro atoms. The van der Waals surface area contributed by atoms with E-state index in [2.05, 4.69) is 22.0 Å². The first-order valence-corrected chi connectivity index (χ1v) is 5.64. The number of nitrogens with zero attached hydrogens (tertiary/aromatic N) is 3. The van der Waals surface area contributed by atoms with Gasteiger partial charge in [-0.3, -0.25) is 4.98 Å². The molecular formula is C12H16N4O. The van der Waals surface area contributed by atoms with E-state index >= 15 is 0 Å². The van der Waals surface area contributed by atoms with Crippen molar-refractivity contribution in [1.82, 2.24) is 15.1 Å². The Hall–Kier alpha value is -1.75. The Bertz CT molecular complexity index is 495. The Morgan fingerprint density at radius 3 is 3.00 bits per heavy atom. The third-order valence-electron chi connectivity index (χ3n) is 2.65. The second-order valence-corrected chi connectivity index (χ2v) is 4.25. The molecule has 0 radical (unpaired) electrons. The Morgan fingerprint density at radius 2 is 2.29 bits per heavy atom. The maximum absolute atomic E-state index is 5.56. The molecule has 2 N–H and O–H groups in total. The lowest BCUT2D eigenvalue weighted by molar-refractivity contribution is 0.359. The molecule has 2 rings (SSSR count). The molecule has 0 aliphatic heterocycles. The van der Waals surface area contributed by atoms with Gasteiger partial charge in [0.1, 0.15) is 0 Å². The molecule has 1 unspecified atom stereocenters. The van der Waals surface area contributed by atoms with Crippen LogP contribution in [0.25, 0.3) is 11.4 Å². The summed E-state index contributed by atoms with van der Waals surface area (Å²) >= 11 is 0. The van der Waals surface area contributed by atoms with Gasteiger partial charge in [0.15, 0.2) is 0 Å². The summed E-state index contributed by atoms with van der Waals surface area (Å²) in [4.78, 5) is 8.40. The standard InChI is InChI=1S/C12H16N4O/c1-8(6-13)5-11-15-12(16-17-11)10-3-4-14-7-9(10)2/h3-4,7-8H,5-6,13H2,1-2H3. The number of nitrogens with two attached hydrogens (primary N) is 1. The maximum atomic E-state index is 5.56. The maximum Gasteiger partial charge on any atom is 0.227 e. The van der Waals surface area contributed by atoms with Gasteiger partial charge in [-0.1, -0.05) is 12.1 Å². The SMILES string of the molecule is Cc1cnccc1-c1noc(CC(C)CN)n1. The van der Waals surface area contributed by atoms with Gasteiger partial charge in [-0.05, 0) is 31.0 Å². The molecule has 0 amide bonds. The van der Waals surface area contributed by atoms with Crippen molar-refractivity contribution in [3.05, 3.63) is 29.9 Å². The quantitative estimate of drug-likeness (QED) is 0.865. The molecule has 0 aliphatic rings. The summed E-state index contributed by atoms with van der Waals surface area (Å²) in [5.74, 6) is 1.60. The predicted octanol–water partition coefficient (Wildman–Crippen LogP) is 1.58. The fourth-order valence-corrected chi connectivity index (χ4v) is 1.55. The van der Waals surface area contributed by atoms with E-state index in [1.807, 2.05) is 13.0 Å². The minimum Gasteiger partial charge on any atom is -0.339 e. The Balaban J connectivity index is 2.21. The van der Waals surface area contributed by atoms with Crippen LogP contribution in [0.1, 0.15) is 18.4 Å². The molecular weight excluding hydrogens is 216 g/mol. The van der Waals surface area contributed by atoms with Gasteiger partial charge in [0, 0.05) is 24.4 Å². The number of pyridine rings is 1. The molecule has 0 saturated carbocycles. The lowest BCUT2D eigenvalue weighted by atomic mass is 10.1. The van der Waals surface area contributed by atoms with Crippen molar-refractivity contribution in [3.8, 4) is 11.4 Å². The van der Waals surface area contributed by atoms with Crippen LogP contribution in [0.5, 0.6) is 0 Å². The molecule has 90 valence electrons. The van der Waals surface area contributed by atoms with E-state index in [1.165, 1.54) is 0 Å². The summed E-state index contributed by atoms with van der Waals surface area (Å²) in [5.41, 5.74) is 7.55. The van der Waals surface area contributed by atoms with Crippen LogP contribution in [0.15, 0.2) is 23.0 Å². The van der Waals surface area contributed by atoms with Crippen LogP contribution in [-0.4, -0.2) is 21.7 Å². The summed E-state index contributed by atoms with van der Waals surface area (Å²) in [5, 5.41) is 3.98. The number of aryl methyl sites for hydroxylation is 1. The van der Waals surface area contributed by atoms with E-state index in [0.29, 0.717) is 30.6 Å². The molecule has 2 aromatic rings. The van der Waals surface area contributed by atoms with Crippen molar-refractivity contribution in [2.45, 2.75) is 20.3 Å². The van der Waals surface area contributed by atoms with Crippen molar-refractivity contribution < 1.29 is 4.52 Å². The minimum absolute atomic E-state index is 0.349. The fraction of sp³-hybridized carbons (Fsp3) is 0.417. The van der Waals surface area contributed by atoms with Gasteiger partial charge in [-0.25, -0.2) is 0 Å². The summed E-state index contributed by atoms with van der Waals surface area (Å²) in [7, 11) is 0. The molecule has 5 heteroatoms. The molecule has 2 aromatic heterocycles. The fourth-order valence-electron chi connectivity index (χ4n) is 1.55. The Labute approximate surface area is 100 Å². The van der Waals surface area contributed by atoms with Crippen LogP contribution in [-0.2, 0) is 6.42 Å². The second kappa shape index (κ2) is 5.05. The van der Waals surface area contributed by atoms with E-state index in [1.54, 1.807) is 12.4 Å². The zero-order valence-electron chi connectivity index (χ0n) is 10.1. The highest BCUT2D eigenvalue weighted by atomic mass is 16.5. The molecule has 0 saturated heterocycles. The summed E-state index contributed by atoms with van der Waals surface area (Å²) in [6.07, 6.45) is 4.22. The largest absolute Gasteiger partial charge is 0.339 e. The van der Waals surface area contributed by atoms with Gasteiger partial charge < -0.3 is 10.3 Å². The first kappa shape index (κ1) is 11.7. The third kappa shape index (κ3) is 2.68. The summed E-state index contributed by atoms with van der Waals surface area (Å²) < 4.78 is 5.21. The van der Waals surface area contributed by atoms with Crippen molar-refractivity contribution in [3.63, 3.8) is 0 Å². The van der Waals surface area contributed by atoms with Gasteiger partial charge in [0.05, 0.1) is 0 Å². The number of aromatic nitrogens is 3. The van der Waals surface area contributed by atoms with Crippen LogP contribution in [0, 0.1) is 12.8 Å². The first-order chi connectivity index (χ1) is 8.20. The van der Waals surface area contributed by atoms with Gasteiger partial charge in [0.25, 0.3) is 0 Å². The molecule has 0 aliphatic carbocycles. The highest BCUT2D eigenvalue weighted by molar-refractivity contribution is 5.57. The summed E-state index contributed by atoms with van der Waals surface area (Å²) in [6.45, 7) is 4.65.